The number of hydrogen-bond acceptors (Lipinski definition) is 3. The lowest BCUT2D eigenvalue weighted by Gasteiger charge is -2.11. The maximum atomic E-state index is 12.9. The summed E-state index contributed by atoms with van der Waals surface area (Å²) in [5.74, 6) is 0. The van der Waals surface area contributed by atoms with E-state index in [1.165, 1.54) is 17.7 Å². The lowest BCUT2D eigenvalue weighted by molar-refractivity contribution is -0.143. The van der Waals surface area contributed by atoms with Gasteiger partial charge in [0, 0.05) is 0 Å². The molecule has 0 atom stereocenters. The largest absolute Gasteiger partial charge is 0.434 e. The van der Waals surface area contributed by atoms with Gasteiger partial charge in [0.2, 0.25) is 0 Å². The molecule has 0 saturated heterocycles. The first-order valence-corrected chi connectivity index (χ1v) is 8.37. The van der Waals surface area contributed by atoms with Gasteiger partial charge in [0.05, 0.1) is 17.4 Å². The van der Waals surface area contributed by atoms with Crippen LogP contribution >= 0.6 is 11.6 Å². The Hall–Kier alpha value is -2.64. The Morgan fingerprint density at radius 2 is 1.59 bits per heavy atom. The Kier molecular flexibility index (Phi) is 7.15. The van der Waals surface area contributed by atoms with Crippen molar-refractivity contribution in [2.24, 2.45) is 5.73 Å². The highest BCUT2D eigenvalue weighted by molar-refractivity contribution is 6.67. The van der Waals surface area contributed by atoms with Gasteiger partial charge in [0.15, 0.2) is 5.69 Å². The minimum Gasteiger partial charge on any atom is -0.330 e. The number of carbonyl (C=O) groups excluding carboxylic acids is 1. The third-order valence-electron chi connectivity index (χ3n) is 3.53. The second kappa shape index (κ2) is 9.34. The van der Waals surface area contributed by atoms with Crippen molar-refractivity contribution < 1.29 is 18.0 Å². The molecule has 2 N–H and O–H groups in total. The third kappa shape index (κ3) is 5.67. The highest BCUT2D eigenvalue weighted by Crippen LogP contribution is 2.34. The van der Waals surface area contributed by atoms with Crippen molar-refractivity contribution in [2.75, 3.05) is 6.54 Å². The smallest absolute Gasteiger partial charge is 0.330 e. The zero-order valence-corrected chi connectivity index (χ0v) is 14.9. The highest BCUT2D eigenvalue weighted by Gasteiger charge is 2.40. The van der Waals surface area contributed by atoms with Gasteiger partial charge >= 0.3 is 6.18 Å². The lowest BCUT2D eigenvalue weighted by atomic mass is 10.2. The number of nitrogens with two attached hydrogens (primary N) is 1. The van der Waals surface area contributed by atoms with Crippen LogP contribution in [0.2, 0.25) is 0 Å². The van der Waals surface area contributed by atoms with Gasteiger partial charge in [0.25, 0.3) is 5.24 Å². The van der Waals surface area contributed by atoms with Crippen LogP contribution in [0.4, 0.5) is 13.2 Å². The van der Waals surface area contributed by atoms with Crippen LogP contribution in [0.25, 0.3) is 5.69 Å². The average molecular weight is 396 g/mol. The standard InChI is InChI=1S/C11H6ClF3N2O.C8H11N/c12-10(18)8-6-16-17(9(8)11(13,14)15)7-4-2-1-3-5-7;9-7-6-8-4-2-1-3-5-8/h1-6H;1-5H,6-7,9H2. The molecule has 4 nitrogen and oxygen atoms in total. The van der Waals surface area contributed by atoms with Crippen molar-refractivity contribution in [3.8, 4) is 5.69 Å². The van der Waals surface area contributed by atoms with Gasteiger partial charge < -0.3 is 5.73 Å². The van der Waals surface area contributed by atoms with E-state index in [0.717, 1.165) is 19.2 Å². The summed E-state index contributed by atoms with van der Waals surface area (Å²) >= 11 is 5.12. The van der Waals surface area contributed by atoms with E-state index in [1.807, 2.05) is 18.2 Å². The fourth-order valence-corrected chi connectivity index (χ4v) is 2.48. The van der Waals surface area contributed by atoms with Crippen molar-refractivity contribution in [2.45, 2.75) is 12.6 Å². The van der Waals surface area contributed by atoms with Gasteiger partial charge in [0.1, 0.15) is 0 Å². The van der Waals surface area contributed by atoms with Crippen molar-refractivity contribution in [3.05, 3.63) is 83.7 Å². The van der Waals surface area contributed by atoms with E-state index >= 15 is 0 Å². The number of para-hydroxylation sites is 1. The van der Waals surface area contributed by atoms with Crippen LogP contribution < -0.4 is 5.73 Å². The molecule has 0 saturated carbocycles. The first kappa shape index (κ1) is 20.7. The number of benzene rings is 2. The van der Waals surface area contributed by atoms with E-state index in [-0.39, 0.29) is 5.69 Å². The van der Waals surface area contributed by atoms with E-state index in [9.17, 15) is 18.0 Å². The first-order chi connectivity index (χ1) is 12.8. The zero-order chi connectivity index (χ0) is 19.9. The molecule has 2 aromatic carbocycles. The van der Waals surface area contributed by atoms with E-state index in [4.69, 9.17) is 17.3 Å². The summed E-state index contributed by atoms with van der Waals surface area (Å²) in [4.78, 5) is 11.0. The summed E-state index contributed by atoms with van der Waals surface area (Å²) in [7, 11) is 0. The molecule has 8 heteroatoms. The molecule has 0 aliphatic carbocycles. The number of nitrogens with zero attached hydrogens (tertiary/aromatic N) is 2. The number of aromatic nitrogens is 2. The third-order valence-corrected chi connectivity index (χ3v) is 3.73. The van der Waals surface area contributed by atoms with Gasteiger partial charge in [-0.15, -0.1) is 0 Å². The first-order valence-electron chi connectivity index (χ1n) is 7.99. The number of hydrogen-bond donors (Lipinski definition) is 1. The van der Waals surface area contributed by atoms with Crippen LogP contribution in [-0.2, 0) is 12.6 Å². The molecule has 1 heterocycles. The second-order valence-electron chi connectivity index (χ2n) is 5.45. The summed E-state index contributed by atoms with van der Waals surface area (Å²) in [5, 5.41) is 2.38. The molecular weight excluding hydrogens is 379 g/mol. The topological polar surface area (TPSA) is 60.9 Å². The van der Waals surface area contributed by atoms with Gasteiger partial charge in [-0.05, 0) is 42.3 Å². The maximum absolute atomic E-state index is 12.9. The Balaban J connectivity index is 0.000000244. The molecule has 0 fully saturated rings. The SMILES string of the molecule is NCCc1ccccc1.O=C(Cl)c1cnn(-c2ccccc2)c1C(F)(F)F. The normalized spacial score (nSPS) is 10.9. The summed E-state index contributed by atoms with van der Waals surface area (Å²) in [5.41, 5.74) is 5.05. The Morgan fingerprint density at radius 1 is 1.04 bits per heavy atom. The minimum absolute atomic E-state index is 0.203. The molecule has 0 aliphatic heterocycles. The second-order valence-corrected chi connectivity index (χ2v) is 5.79. The predicted molar refractivity (Wildman–Crippen MR) is 97.9 cm³/mol. The monoisotopic (exact) mass is 395 g/mol. The maximum Gasteiger partial charge on any atom is 0.434 e. The Labute approximate surface area is 159 Å². The van der Waals surface area contributed by atoms with Crippen molar-refractivity contribution in [3.63, 3.8) is 0 Å². The molecular formula is C19H17ClF3N3O. The predicted octanol–water partition coefficient (Wildman–Crippen LogP) is 4.46. The Bertz CT molecular complexity index is 865. The molecule has 1 aromatic heterocycles. The van der Waals surface area contributed by atoms with E-state index < -0.39 is 22.7 Å². The minimum atomic E-state index is -4.72. The molecule has 3 aromatic rings. The van der Waals surface area contributed by atoms with Crippen molar-refractivity contribution in [1.82, 2.24) is 9.78 Å². The van der Waals surface area contributed by atoms with Gasteiger partial charge in [-0.1, -0.05) is 48.5 Å². The average Bonchev–Trinajstić information content (AvgIpc) is 3.10. The quantitative estimate of drug-likeness (QED) is 0.663. The molecule has 0 spiro atoms. The van der Waals surface area contributed by atoms with Crippen LogP contribution in [0.1, 0.15) is 21.6 Å². The van der Waals surface area contributed by atoms with Crippen LogP contribution in [-0.4, -0.2) is 21.6 Å². The van der Waals surface area contributed by atoms with Gasteiger partial charge in [-0.25, -0.2) is 4.68 Å². The van der Waals surface area contributed by atoms with Crippen molar-refractivity contribution >= 4 is 16.8 Å². The summed E-state index contributed by atoms with van der Waals surface area (Å²) in [6.07, 6.45) is -2.92. The highest BCUT2D eigenvalue weighted by atomic mass is 35.5. The molecule has 27 heavy (non-hydrogen) atoms. The number of rotatable bonds is 4. The molecule has 142 valence electrons. The fourth-order valence-electron chi connectivity index (χ4n) is 2.34. The molecule has 0 bridgehead atoms. The van der Waals surface area contributed by atoms with E-state index in [1.54, 1.807) is 18.2 Å². The lowest BCUT2D eigenvalue weighted by Crippen LogP contribution is -2.16. The summed E-state index contributed by atoms with van der Waals surface area (Å²) in [6, 6.07) is 18.0. The van der Waals surface area contributed by atoms with E-state index in [2.05, 4.69) is 17.2 Å². The summed E-state index contributed by atoms with van der Waals surface area (Å²) in [6.45, 7) is 0.740. The molecule has 0 radical (unpaired) electrons. The number of carbonyl (C=O) groups is 1. The number of alkyl halides is 3. The van der Waals surface area contributed by atoms with Crippen LogP contribution in [0.15, 0.2) is 66.9 Å². The molecule has 0 unspecified atom stereocenters. The summed E-state index contributed by atoms with van der Waals surface area (Å²) < 4.78 is 39.4. The number of halogens is 4. The van der Waals surface area contributed by atoms with Gasteiger partial charge in [-0.2, -0.15) is 18.3 Å². The van der Waals surface area contributed by atoms with Crippen LogP contribution in [0, 0.1) is 0 Å². The fraction of sp³-hybridized carbons (Fsp3) is 0.158. The zero-order valence-electron chi connectivity index (χ0n) is 14.2. The molecule has 0 aliphatic rings. The van der Waals surface area contributed by atoms with Gasteiger partial charge in [-0.3, -0.25) is 4.79 Å². The van der Waals surface area contributed by atoms with Crippen LogP contribution in [0.5, 0.6) is 0 Å². The van der Waals surface area contributed by atoms with Crippen molar-refractivity contribution in [1.29, 1.82) is 0 Å². The molecule has 0 amide bonds. The van der Waals surface area contributed by atoms with E-state index in [0.29, 0.717) is 4.68 Å². The molecule has 3 rings (SSSR count). The Morgan fingerprint density at radius 3 is 2.07 bits per heavy atom. The van der Waals surface area contributed by atoms with Crippen LogP contribution in [0.3, 0.4) is 0 Å².